The fraction of sp³-hybridized carbons (Fsp3) is 0.308. The molecule has 1 aromatic carbocycles. The van der Waals surface area contributed by atoms with E-state index in [-0.39, 0.29) is 28.7 Å². The molecule has 0 fully saturated rings. The second kappa shape index (κ2) is 6.76. The van der Waals surface area contributed by atoms with Crippen molar-refractivity contribution in [2.45, 2.75) is 13.3 Å². The fourth-order valence-corrected chi connectivity index (χ4v) is 1.79. The molecule has 1 amide bonds. The van der Waals surface area contributed by atoms with Crippen molar-refractivity contribution in [2.75, 3.05) is 13.1 Å². The van der Waals surface area contributed by atoms with Gasteiger partial charge in [-0.2, -0.15) is 0 Å². The molecule has 0 heterocycles. The zero-order valence-corrected chi connectivity index (χ0v) is 11.2. The second-order valence-electron chi connectivity index (χ2n) is 3.85. The molecule has 0 unspecified atom stereocenters. The fourth-order valence-electron chi connectivity index (χ4n) is 1.60. The third-order valence-corrected chi connectivity index (χ3v) is 2.77. The lowest BCUT2D eigenvalue weighted by atomic mass is 10.1. The molecule has 5 nitrogen and oxygen atoms in total. The molecule has 0 aromatic heterocycles. The van der Waals surface area contributed by atoms with Crippen LogP contribution in [0.3, 0.4) is 0 Å². The Morgan fingerprint density at radius 1 is 1.58 bits per heavy atom. The number of terminal acetylenes is 1. The molecule has 0 radical (unpaired) electrons. The topological polar surface area (TPSA) is 63.5 Å². The number of hydrogen-bond donors (Lipinski definition) is 0. The molecule has 0 saturated carbocycles. The number of carbonyl (C=O) groups is 1. The molecule has 0 saturated heterocycles. The number of nitro groups is 1. The van der Waals surface area contributed by atoms with Crippen LogP contribution in [0.1, 0.15) is 23.7 Å². The van der Waals surface area contributed by atoms with Crippen LogP contribution in [-0.2, 0) is 0 Å². The lowest BCUT2D eigenvalue weighted by molar-refractivity contribution is -0.384. The number of carbonyl (C=O) groups excluding carboxylic acids is 1. The van der Waals surface area contributed by atoms with Gasteiger partial charge in [0, 0.05) is 18.2 Å². The van der Waals surface area contributed by atoms with Crippen molar-refractivity contribution in [1.82, 2.24) is 4.90 Å². The Hall–Kier alpha value is -2.06. The van der Waals surface area contributed by atoms with E-state index in [2.05, 4.69) is 5.92 Å². The van der Waals surface area contributed by atoms with E-state index >= 15 is 0 Å². The zero-order valence-electron chi connectivity index (χ0n) is 10.4. The number of nitrogens with zero attached hydrogens (tertiary/aromatic N) is 2. The molecule has 6 heteroatoms. The van der Waals surface area contributed by atoms with Crippen LogP contribution in [0.2, 0.25) is 5.02 Å². The Morgan fingerprint density at radius 3 is 2.79 bits per heavy atom. The monoisotopic (exact) mass is 280 g/mol. The molecule has 19 heavy (non-hydrogen) atoms. The van der Waals surface area contributed by atoms with Gasteiger partial charge in [0.15, 0.2) is 0 Å². The maximum Gasteiger partial charge on any atom is 0.288 e. The Kier molecular flexibility index (Phi) is 5.34. The first-order valence-corrected chi connectivity index (χ1v) is 6.05. The van der Waals surface area contributed by atoms with Crippen LogP contribution in [0, 0.1) is 22.5 Å². The summed E-state index contributed by atoms with van der Waals surface area (Å²) in [5.41, 5.74) is -0.0792. The van der Waals surface area contributed by atoms with Gasteiger partial charge in [0.25, 0.3) is 11.6 Å². The predicted octanol–water partition coefficient (Wildman–Crippen LogP) is 2.73. The minimum Gasteiger partial charge on any atom is -0.328 e. The SMILES string of the molecule is C#CCN(CCC)C(=O)c1ccc(Cl)c([N+](=O)[O-])c1. The van der Waals surface area contributed by atoms with Crippen molar-refractivity contribution in [3.63, 3.8) is 0 Å². The minimum atomic E-state index is -0.621. The van der Waals surface area contributed by atoms with E-state index in [1.807, 2.05) is 6.92 Å². The zero-order chi connectivity index (χ0) is 14.4. The van der Waals surface area contributed by atoms with Crippen LogP contribution in [0.5, 0.6) is 0 Å². The van der Waals surface area contributed by atoms with E-state index in [0.29, 0.717) is 6.54 Å². The van der Waals surface area contributed by atoms with Gasteiger partial charge in [-0.05, 0) is 18.6 Å². The van der Waals surface area contributed by atoms with Crippen LogP contribution in [-0.4, -0.2) is 28.8 Å². The normalized spacial score (nSPS) is 9.74. The van der Waals surface area contributed by atoms with Gasteiger partial charge in [0.1, 0.15) is 5.02 Å². The Bertz CT molecular complexity index is 537. The maximum absolute atomic E-state index is 12.2. The van der Waals surface area contributed by atoms with Crippen molar-refractivity contribution in [3.8, 4) is 12.3 Å². The number of benzene rings is 1. The summed E-state index contributed by atoms with van der Waals surface area (Å²) < 4.78 is 0. The van der Waals surface area contributed by atoms with Crippen molar-refractivity contribution in [2.24, 2.45) is 0 Å². The molecule has 1 aromatic rings. The highest BCUT2D eigenvalue weighted by Crippen LogP contribution is 2.25. The lowest BCUT2D eigenvalue weighted by Crippen LogP contribution is -2.32. The standard InChI is InChI=1S/C13H13ClN2O3/c1-3-7-15(8-4-2)13(17)10-5-6-11(14)12(9-10)16(18)19/h1,5-6,9H,4,7-8H2,2H3. The van der Waals surface area contributed by atoms with Crippen LogP contribution < -0.4 is 0 Å². The molecule has 0 bridgehead atoms. The molecule has 0 aliphatic heterocycles. The molecule has 0 atom stereocenters. The number of nitro benzene ring substituents is 1. The molecular weight excluding hydrogens is 268 g/mol. The average molecular weight is 281 g/mol. The molecule has 0 aliphatic carbocycles. The molecule has 0 N–H and O–H groups in total. The third-order valence-electron chi connectivity index (χ3n) is 2.45. The van der Waals surface area contributed by atoms with Crippen LogP contribution in [0.15, 0.2) is 18.2 Å². The number of halogens is 1. The number of amides is 1. The predicted molar refractivity (Wildman–Crippen MR) is 73.1 cm³/mol. The molecule has 1 rings (SSSR count). The first kappa shape index (κ1) is 15.0. The van der Waals surface area contributed by atoms with E-state index in [0.717, 1.165) is 6.42 Å². The summed E-state index contributed by atoms with van der Waals surface area (Å²) in [4.78, 5) is 23.8. The van der Waals surface area contributed by atoms with Gasteiger partial charge in [-0.25, -0.2) is 0 Å². The van der Waals surface area contributed by atoms with Crippen molar-refractivity contribution >= 4 is 23.2 Å². The summed E-state index contributed by atoms with van der Waals surface area (Å²) in [7, 11) is 0. The Labute approximate surface area is 116 Å². The quantitative estimate of drug-likeness (QED) is 0.473. The minimum absolute atomic E-state index is 0.000501. The van der Waals surface area contributed by atoms with Gasteiger partial charge >= 0.3 is 0 Å². The first-order valence-electron chi connectivity index (χ1n) is 5.68. The van der Waals surface area contributed by atoms with Gasteiger partial charge in [0.05, 0.1) is 11.5 Å². The van der Waals surface area contributed by atoms with Gasteiger partial charge in [-0.15, -0.1) is 6.42 Å². The summed E-state index contributed by atoms with van der Waals surface area (Å²) in [6.07, 6.45) is 5.96. The highest BCUT2D eigenvalue weighted by Gasteiger charge is 2.19. The third kappa shape index (κ3) is 3.70. The second-order valence-corrected chi connectivity index (χ2v) is 4.26. The first-order chi connectivity index (χ1) is 9.01. The average Bonchev–Trinajstić information content (AvgIpc) is 2.38. The highest BCUT2D eigenvalue weighted by atomic mass is 35.5. The summed E-state index contributed by atoms with van der Waals surface area (Å²) >= 11 is 5.70. The van der Waals surface area contributed by atoms with Crippen molar-refractivity contribution < 1.29 is 9.72 Å². The Morgan fingerprint density at radius 2 is 2.26 bits per heavy atom. The van der Waals surface area contributed by atoms with E-state index in [1.165, 1.54) is 23.1 Å². The Balaban J connectivity index is 3.08. The smallest absolute Gasteiger partial charge is 0.288 e. The van der Waals surface area contributed by atoms with E-state index < -0.39 is 4.92 Å². The summed E-state index contributed by atoms with van der Waals surface area (Å²) in [6.45, 7) is 2.59. The van der Waals surface area contributed by atoms with Crippen LogP contribution in [0.4, 0.5) is 5.69 Å². The van der Waals surface area contributed by atoms with Crippen LogP contribution >= 0.6 is 11.6 Å². The summed E-state index contributed by atoms with van der Waals surface area (Å²) in [5.74, 6) is 2.06. The molecule has 0 spiro atoms. The van der Waals surface area contributed by atoms with E-state index in [9.17, 15) is 14.9 Å². The van der Waals surface area contributed by atoms with Crippen LogP contribution in [0.25, 0.3) is 0 Å². The van der Waals surface area contributed by atoms with Crippen molar-refractivity contribution in [3.05, 3.63) is 38.9 Å². The summed E-state index contributed by atoms with van der Waals surface area (Å²) in [6, 6.07) is 3.97. The molecule has 0 aliphatic rings. The van der Waals surface area contributed by atoms with E-state index in [4.69, 9.17) is 18.0 Å². The highest BCUT2D eigenvalue weighted by molar-refractivity contribution is 6.32. The number of hydrogen-bond acceptors (Lipinski definition) is 3. The van der Waals surface area contributed by atoms with E-state index in [1.54, 1.807) is 0 Å². The van der Waals surface area contributed by atoms with Gasteiger partial charge in [-0.1, -0.05) is 24.4 Å². The maximum atomic E-state index is 12.2. The molecular formula is C13H13ClN2O3. The lowest BCUT2D eigenvalue weighted by Gasteiger charge is -2.19. The van der Waals surface area contributed by atoms with Gasteiger partial charge in [-0.3, -0.25) is 14.9 Å². The largest absolute Gasteiger partial charge is 0.328 e. The van der Waals surface area contributed by atoms with Gasteiger partial charge in [0.2, 0.25) is 0 Å². The number of rotatable bonds is 5. The molecule has 100 valence electrons. The van der Waals surface area contributed by atoms with Crippen molar-refractivity contribution in [1.29, 1.82) is 0 Å². The van der Waals surface area contributed by atoms with Gasteiger partial charge < -0.3 is 4.90 Å². The summed E-state index contributed by atoms with van der Waals surface area (Å²) in [5, 5.41) is 10.8.